The van der Waals surface area contributed by atoms with E-state index in [9.17, 15) is 4.79 Å². The van der Waals surface area contributed by atoms with Gasteiger partial charge in [-0.25, -0.2) is 0 Å². The van der Waals surface area contributed by atoms with E-state index in [2.05, 4.69) is 0 Å². The van der Waals surface area contributed by atoms with Crippen LogP contribution >= 0.6 is 0 Å². The quantitative estimate of drug-likeness (QED) is 0.192. The Kier molecular flexibility index (Phi) is 3.27. The summed E-state index contributed by atoms with van der Waals surface area (Å²) in [6.45, 7) is -1.14. The van der Waals surface area contributed by atoms with Crippen molar-refractivity contribution in [2.75, 3.05) is 6.61 Å². The molecule has 6 N–H and O–H groups in total. The molecule has 0 saturated heterocycles. The van der Waals surface area contributed by atoms with Crippen molar-refractivity contribution in [3.8, 4) is 0 Å². The van der Waals surface area contributed by atoms with Crippen LogP contribution in [0, 0.1) is 0 Å². The van der Waals surface area contributed by atoms with Crippen LogP contribution in [-0.4, -0.2) is 61.2 Å². The highest BCUT2D eigenvalue weighted by Crippen LogP contribution is 2.18. The Hall–Kier alpha value is -0.570. The summed E-state index contributed by atoms with van der Waals surface area (Å²) in [5.74, 6) is -7.02. The average Bonchev–Trinajstić information content (AvgIpc) is 2.02. The molecule has 0 bridgehead atoms. The van der Waals surface area contributed by atoms with E-state index in [4.69, 9.17) is 30.6 Å². The van der Waals surface area contributed by atoms with Gasteiger partial charge >= 0.3 is 0 Å². The highest BCUT2D eigenvalue weighted by atomic mass is 16.6. The minimum atomic E-state index is -3.52. The van der Waals surface area contributed by atoms with Crippen molar-refractivity contribution < 1.29 is 35.4 Å². The van der Waals surface area contributed by atoms with Crippen molar-refractivity contribution in [3.05, 3.63) is 0 Å². The van der Waals surface area contributed by atoms with Crippen LogP contribution in [0.15, 0.2) is 0 Å². The van der Waals surface area contributed by atoms with Crippen LogP contribution < -0.4 is 0 Å². The molecule has 0 aromatic rings. The number of rotatable bonds is 4. The normalized spacial score (nSPS) is 15.8. The summed E-state index contributed by atoms with van der Waals surface area (Å²) in [7, 11) is 0. The third-order valence-electron chi connectivity index (χ3n) is 1.34. The number of aliphatic hydroxyl groups is 6. The Bertz CT molecular complexity index is 163. The molecule has 0 spiro atoms. The molecule has 0 heterocycles. The summed E-state index contributed by atoms with van der Waals surface area (Å²) in [4.78, 5) is 9.88. The Morgan fingerprint density at radius 2 is 1.67 bits per heavy atom. The van der Waals surface area contributed by atoms with Crippen LogP contribution in [0.2, 0.25) is 0 Å². The molecule has 0 rings (SSSR count). The van der Waals surface area contributed by atoms with E-state index < -0.39 is 30.6 Å². The standard InChI is InChI=1S/C5H10O7/c6-1-3(8)5(11,12)4(9,10)2-7/h2-3,6,8-12H,1H2. The summed E-state index contributed by atoms with van der Waals surface area (Å²) in [5.41, 5.74) is 0. The van der Waals surface area contributed by atoms with E-state index in [-0.39, 0.29) is 0 Å². The molecule has 0 aromatic heterocycles. The van der Waals surface area contributed by atoms with Crippen molar-refractivity contribution >= 4 is 6.29 Å². The number of aliphatic hydroxyl groups excluding tert-OH is 2. The first-order valence-electron chi connectivity index (χ1n) is 2.94. The van der Waals surface area contributed by atoms with Gasteiger partial charge in [-0.15, -0.1) is 0 Å². The Balaban J connectivity index is 4.70. The molecular formula is C5H10O7. The lowest BCUT2D eigenvalue weighted by molar-refractivity contribution is -0.363. The summed E-state index contributed by atoms with van der Waals surface area (Å²) < 4.78 is 0. The van der Waals surface area contributed by atoms with Crippen LogP contribution in [0.5, 0.6) is 0 Å². The largest absolute Gasteiger partial charge is 0.393 e. The first-order chi connectivity index (χ1) is 5.29. The molecule has 0 aliphatic rings. The molecule has 1 atom stereocenters. The molecule has 0 amide bonds. The lowest BCUT2D eigenvalue weighted by Gasteiger charge is -2.33. The van der Waals surface area contributed by atoms with Crippen LogP contribution in [-0.2, 0) is 4.79 Å². The molecule has 0 fully saturated rings. The lowest BCUT2D eigenvalue weighted by atomic mass is 10.0. The molecule has 0 radical (unpaired) electrons. The van der Waals surface area contributed by atoms with E-state index in [0.29, 0.717) is 0 Å². The maximum absolute atomic E-state index is 9.88. The van der Waals surface area contributed by atoms with E-state index in [0.717, 1.165) is 0 Å². The topological polar surface area (TPSA) is 138 Å². The second-order valence-electron chi connectivity index (χ2n) is 2.27. The van der Waals surface area contributed by atoms with Gasteiger partial charge in [0.2, 0.25) is 0 Å². The SMILES string of the molecule is O=CC(O)(O)C(O)(O)C(O)CO. The molecular weight excluding hydrogens is 172 g/mol. The van der Waals surface area contributed by atoms with Crippen molar-refractivity contribution in [3.63, 3.8) is 0 Å². The fourth-order valence-corrected chi connectivity index (χ4v) is 0.459. The van der Waals surface area contributed by atoms with Crippen molar-refractivity contribution in [2.24, 2.45) is 0 Å². The first-order valence-corrected chi connectivity index (χ1v) is 2.94. The third-order valence-corrected chi connectivity index (χ3v) is 1.34. The second kappa shape index (κ2) is 3.44. The zero-order valence-electron chi connectivity index (χ0n) is 5.95. The number of aldehydes is 1. The molecule has 1 unspecified atom stereocenters. The number of carbonyl (C=O) groups is 1. The van der Waals surface area contributed by atoms with Crippen molar-refractivity contribution in [1.29, 1.82) is 0 Å². The summed E-state index contributed by atoms with van der Waals surface area (Å²) >= 11 is 0. The van der Waals surface area contributed by atoms with E-state index >= 15 is 0 Å². The minimum Gasteiger partial charge on any atom is -0.393 e. The van der Waals surface area contributed by atoms with Crippen LogP contribution in [0.3, 0.4) is 0 Å². The van der Waals surface area contributed by atoms with Gasteiger partial charge in [-0.1, -0.05) is 0 Å². The van der Waals surface area contributed by atoms with Gasteiger partial charge in [0.1, 0.15) is 6.10 Å². The molecule has 0 aliphatic carbocycles. The molecule has 0 saturated carbocycles. The minimum absolute atomic E-state index is 0.578. The third kappa shape index (κ3) is 1.78. The number of hydrogen-bond acceptors (Lipinski definition) is 7. The van der Waals surface area contributed by atoms with E-state index in [1.54, 1.807) is 0 Å². The molecule has 7 heteroatoms. The number of hydrogen-bond donors (Lipinski definition) is 6. The summed E-state index contributed by atoms with van der Waals surface area (Å²) in [5, 5.41) is 51.4. The van der Waals surface area contributed by atoms with Gasteiger partial charge in [0.15, 0.2) is 6.29 Å². The van der Waals surface area contributed by atoms with Gasteiger partial charge in [-0.2, -0.15) is 0 Å². The Labute approximate surface area is 67.1 Å². The highest BCUT2D eigenvalue weighted by Gasteiger charge is 2.52. The zero-order valence-corrected chi connectivity index (χ0v) is 5.95. The van der Waals surface area contributed by atoms with E-state index in [1.165, 1.54) is 0 Å². The average molecular weight is 182 g/mol. The van der Waals surface area contributed by atoms with Crippen LogP contribution in [0.25, 0.3) is 0 Å². The van der Waals surface area contributed by atoms with Gasteiger partial charge < -0.3 is 30.6 Å². The monoisotopic (exact) mass is 182 g/mol. The zero-order chi connectivity index (χ0) is 9.99. The predicted octanol–water partition coefficient (Wildman–Crippen LogP) is -4.10. The molecule has 0 aromatic carbocycles. The Morgan fingerprint density at radius 3 is 1.92 bits per heavy atom. The van der Waals surface area contributed by atoms with Crippen molar-refractivity contribution in [1.82, 2.24) is 0 Å². The molecule has 0 aliphatic heterocycles. The second-order valence-corrected chi connectivity index (χ2v) is 2.27. The van der Waals surface area contributed by atoms with E-state index in [1.807, 2.05) is 0 Å². The number of carbonyl (C=O) groups excluding carboxylic acids is 1. The van der Waals surface area contributed by atoms with Crippen molar-refractivity contribution in [2.45, 2.75) is 17.7 Å². The summed E-state index contributed by atoms with van der Waals surface area (Å²) in [6.07, 6.45) is -2.83. The molecule has 7 nitrogen and oxygen atoms in total. The first kappa shape index (κ1) is 11.4. The fraction of sp³-hybridized carbons (Fsp3) is 0.800. The smallest absolute Gasteiger partial charge is 0.279 e. The maximum atomic E-state index is 9.88. The molecule has 12 heavy (non-hydrogen) atoms. The predicted molar refractivity (Wildman–Crippen MR) is 33.5 cm³/mol. The summed E-state index contributed by atoms with van der Waals surface area (Å²) in [6, 6.07) is 0. The van der Waals surface area contributed by atoms with Gasteiger partial charge in [0.05, 0.1) is 6.61 Å². The highest BCUT2D eigenvalue weighted by molar-refractivity contribution is 5.61. The van der Waals surface area contributed by atoms with Gasteiger partial charge in [0, 0.05) is 0 Å². The van der Waals surface area contributed by atoms with Gasteiger partial charge in [-0.05, 0) is 0 Å². The van der Waals surface area contributed by atoms with Gasteiger partial charge in [-0.3, -0.25) is 4.79 Å². The molecule has 72 valence electrons. The lowest BCUT2D eigenvalue weighted by Crippen LogP contribution is -2.63. The Morgan fingerprint density at radius 1 is 1.25 bits per heavy atom. The van der Waals surface area contributed by atoms with Crippen LogP contribution in [0.4, 0.5) is 0 Å². The van der Waals surface area contributed by atoms with Gasteiger partial charge in [0.25, 0.3) is 11.6 Å². The van der Waals surface area contributed by atoms with Crippen LogP contribution in [0.1, 0.15) is 0 Å². The maximum Gasteiger partial charge on any atom is 0.279 e. The fourth-order valence-electron chi connectivity index (χ4n) is 0.459.